The van der Waals surface area contributed by atoms with Crippen LogP contribution in [0.4, 0.5) is 8.78 Å². The monoisotopic (exact) mass is 440 g/mol. The van der Waals surface area contributed by atoms with Crippen LogP contribution in [0.2, 0.25) is 0 Å². The molecule has 164 valence electrons. The molecule has 4 aromatic rings. The van der Waals surface area contributed by atoms with E-state index < -0.39 is 28.9 Å². The van der Waals surface area contributed by atoms with E-state index in [-0.39, 0.29) is 29.3 Å². The molecule has 0 aliphatic heterocycles. The Kier molecular flexibility index (Phi) is 5.25. The van der Waals surface area contributed by atoms with Gasteiger partial charge in [-0.25, -0.2) is 18.4 Å². The van der Waals surface area contributed by atoms with E-state index in [2.05, 4.69) is 25.3 Å². The van der Waals surface area contributed by atoms with Crippen molar-refractivity contribution in [3.8, 4) is 17.4 Å². The number of rotatable bonds is 5. The number of carbonyl (C=O) groups excluding carboxylic acids is 1. The lowest BCUT2D eigenvalue weighted by Gasteiger charge is -2.20. The van der Waals surface area contributed by atoms with E-state index in [4.69, 9.17) is 4.74 Å². The average molecular weight is 440 g/mol. The molecule has 0 saturated carbocycles. The second-order valence-electron chi connectivity index (χ2n) is 7.54. The highest BCUT2D eigenvalue weighted by Gasteiger charge is 2.37. The Bertz CT molecular complexity index is 1340. The smallest absolute Gasteiger partial charge is 0.317 e. The highest BCUT2D eigenvalue weighted by atomic mass is 19.1. The molecule has 32 heavy (non-hydrogen) atoms. The highest BCUT2D eigenvalue weighted by Crippen LogP contribution is 2.31. The van der Waals surface area contributed by atoms with Gasteiger partial charge >= 0.3 is 5.97 Å². The van der Waals surface area contributed by atoms with Gasteiger partial charge in [0.15, 0.2) is 5.65 Å². The molecular weight excluding hydrogens is 422 g/mol. The summed E-state index contributed by atoms with van der Waals surface area (Å²) in [6.07, 6.45) is 1.55. The zero-order valence-electron chi connectivity index (χ0n) is 17.4. The fourth-order valence-electron chi connectivity index (χ4n) is 3.27. The largest absolute Gasteiger partial charge is 0.492 e. The second-order valence-corrected chi connectivity index (χ2v) is 7.54. The van der Waals surface area contributed by atoms with Gasteiger partial charge in [0, 0.05) is 17.8 Å². The number of halogens is 2. The maximum Gasteiger partial charge on any atom is 0.317 e. The van der Waals surface area contributed by atoms with Crippen molar-refractivity contribution in [2.24, 2.45) is 0 Å². The number of fused-ring (bicyclic) bond motifs is 1. The number of methoxy groups -OCH3 is 1. The molecule has 9 nitrogen and oxygen atoms in total. The van der Waals surface area contributed by atoms with Gasteiger partial charge in [-0.3, -0.25) is 4.79 Å². The van der Waals surface area contributed by atoms with E-state index in [9.17, 15) is 18.7 Å². The normalized spacial score (nSPS) is 11.7. The third kappa shape index (κ3) is 3.61. The molecule has 0 amide bonds. The van der Waals surface area contributed by atoms with Crippen LogP contribution in [0.1, 0.15) is 25.1 Å². The first-order chi connectivity index (χ1) is 15.2. The number of carbonyl (C=O) groups is 1. The van der Waals surface area contributed by atoms with E-state index >= 15 is 0 Å². The lowest BCUT2D eigenvalue weighted by atomic mass is 9.89. The van der Waals surface area contributed by atoms with Gasteiger partial charge in [0.25, 0.3) is 0 Å². The Morgan fingerprint density at radius 2 is 2.00 bits per heavy atom. The predicted molar refractivity (Wildman–Crippen MR) is 109 cm³/mol. The second kappa shape index (κ2) is 7.91. The molecule has 0 aliphatic carbocycles. The van der Waals surface area contributed by atoms with E-state index in [1.807, 2.05) is 0 Å². The first kappa shape index (κ1) is 21.2. The summed E-state index contributed by atoms with van der Waals surface area (Å²) in [6.45, 7) is 3.02. The molecule has 0 atom stereocenters. The van der Waals surface area contributed by atoms with Crippen molar-refractivity contribution in [1.82, 2.24) is 29.9 Å². The first-order valence-corrected chi connectivity index (χ1v) is 9.50. The molecule has 0 unspecified atom stereocenters. The minimum atomic E-state index is -1.28. The van der Waals surface area contributed by atoms with E-state index in [0.717, 1.165) is 12.1 Å². The quantitative estimate of drug-likeness (QED) is 0.471. The minimum absolute atomic E-state index is 0.0109. The summed E-state index contributed by atoms with van der Waals surface area (Å²) in [4.78, 5) is 20.4. The van der Waals surface area contributed by atoms with Crippen LogP contribution in [-0.2, 0) is 21.5 Å². The van der Waals surface area contributed by atoms with Crippen LogP contribution in [-0.4, -0.2) is 48.1 Å². The van der Waals surface area contributed by atoms with E-state index in [1.165, 1.54) is 31.7 Å². The summed E-state index contributed by atoms with van der Waals surface area (Å²) in [5.74, 6) is -2.52. The SMILES string of the molecule is COC(=O)C(C)(C)c1nnc(-c2nn(Cc3ccc(F)cc3F)c3ncccc23)nc1O. The number of benzene rings is 1. The standard InChI is InChI=1S/C21H18F2N6O3/c1-21(2,20(31)32-3)16-19(30)25-17(27-26-16)15-13-5-4-8-24-18(13)29(28-15)10-11-6-7-12(22)9-14(11)23/h4-9H,10H2,1-3H3,(H,25,27,30). The Balaban J connectivity index is 1.79. The van der Waals surface area contributed by atoms with Gasteiger partial charge in [-0.2, -0.15) is 10.1 Å². The van der Waals surface area contributed by atoms with Gasteiger partial charge in [0.2, 0.25) is 11.7 Å². The molecule has 1 N–H and O–H groups in total. The van der Waals surface area contributed by atoms with Crippen LogP contribution in [0.3, 0.4) is 0 Å². The summed E-state index contributed by atoms with van der Waals surface area (Å²) >= 11 is 0. The average Bonchev–Trinajstić information content (AvgIpc) is 3.13. The number of hydrogen-bond donors (Lipinski definition) is 1. The summed E-state index contributed by atoms with van der Waals surface area (Å²) < 4.78 is 33.6. The predicted octanol–water partition coefficient (Wildman–Crippen LogP) is 2.77. The van der Waals surface area contributed by atoms with Crippen molar-refractivity contribution in [2.75, 3.05) is 7.11 Å². The highest BCUT2D eigenvalue weighted by molar-refractivity contribution is 5.89. The molecule has 0 radical (unpaired) electrons. The maximum absolute atomic E-state index is 14.2. The van der Waals surface area contributed by atoms with Crippen LogP contribution >= 0.6 is 0 Å². The maximum atomic E-state index is 14.2. The third-order valence-electron chi connectivity index (χ3n) is 5.01. The number of pyridine rings is 1. The van der Waals surface area contributed by atoms with Gasteiger partial charge < -0.3 is 9.84 Å². The summed E-state index contributed by atoms with van der Waals surface area (Å²) in [7, 11) is 1.23. The van der Waals surface area contributed by atoms with Crippen LogP contribution in [0.5, 0.6) is 5.88 Å². The van der Waals surface area contributed by atoms with E-state index in [0.29, 0.717) is 11.0 Å². The van der Waals surface area contributed by atoms with Crippen molar-refractivity contribution < 1.29 is 23.4 Å². The van der Waals surface area contributed by atoms with Gasteiger partial charge in [0.05, 0.1) is 19.0 Å². The Morgan fingerprint density at radius 1 is 1.22 bits per heavy atom. The van der Waals surface area contributed by atoms with Gasteiger partial charge in [-0.15, -0.1) is 10.2 Å². The summed E-state index contributed by atoms with van der Waals surface area (Å²) in [5, 5.41) is 23.4. The Hall–Kier alpha value is -4.02. The zero-order valence-corrected chi connectivity index (χ0v) is 17.4. The number of hydrogen-bond acceptors (Lipinski definition) is 8. The molecule has 0 aliphatic rings. The lowest BCUT2D eigenvalue weighted by molar-refractivity contribution is -0.146. The minimum Gasteiger partial charge on any atom is -0.492 e. The molecule has 3 aromatic heterocycles. The Morgan fingerprint density at radius 3 is 2.69 bits per heavy atom. The molecule has 3 heterocycles. The molecule has 11 heteroatoms. The van der Waals surface area contributed by atoms with E-state index in [1.54, 1.807) is 18.3 Å². The van der Waals surface area contributed by atoms with Crippen molar-refractivity contribution in [3.05, 3.63) is 59.4 Å². The number of esters is 1. The molecule has 0 fully saturated rings. The number of ether oxygens (including phenoxy) is 1. The van der Waals surface area contributed by atoms with Crippen LogP contribution in [0.15, 0.2) is 36.5 Å². The summed E-state index contributed by atoms with van der Waals surface area (Å²) in [5.41, 5.74) is -0.456. The third-order valence-corrected chi connectivity index (χ3v) is 5.01. The fourth-order valence-corrected chi connectivity index (χ4v) is 3.27. The number of nitrogens with zero attached hydrogens (tertiary/aromatic N) is 6. The van der Waals surface area contributed by atoms with Crippen LogP contribution < -0.4 is 0 Å². The molecule has 4 rings (SSSR count). The Labute approximate surface area is 180 Å². The van der Waals surface area contributed by atoms with Crippen molar-refractivity contribution in [2.45, 2.75) is 25.8 Å². The van der Waals surface area contributed by atoms with Crippen molar-refractivity contribution in [1.29, 1.82) is 0 Å². The molecule has 0 spiro atoms. The molecule has 1 aromatic carbocycles. The zero-order chi connectivity index (χ0) is 23.0. The molecule has 0 bridgehead atoms. The van der Waals surface area contributed by atoms with Gasteiger partial charge in [0.1, 0.15) is 28.4 Å². The number of aromatic hydroxyl groups is 1. The van der Waals surface area contributed by atoms with Crippen molar-refractivity contribution in [3.63, 3.8) is 0 Å². The first-order valence-electron chi connectivity index (χ1n) is 9.50. The molecular formula is C21H18F2N6O3. The van der Waals surface area contributed by atoms with Crippen molar-refractivity contribution >= 4 is 17.0 Å². The lowest BCUT2D eigenvalue weighted by Crippen LogP contribution is -2.32. The topological polar surface area (TPSA) is 116 Å². The molecule has 0 saturated heterocycles. The summed E-state index contributed by atoms with van der Waals surface area (Å²) in [6, 6.07) is 6.68. The van der Waals surface area contributed by atoms with Gasteiger partial charge in [-0.1, -0.05) is 6.07 Å². The fraction of sp³-hybridized carbons (Fsp3) is 0.238. The van der Waals surface area contributed by atoms with Gasteiger partial charge in [-0.05, 0) is 32.0 Å². The number of aromatic nitrogens is 6. The van der Waals surface area contributed by atoms with Crippen LogP contribution in [0.25, 0.3) is 22.6 Å². The van der Waals surface area contributed by atoms with Crippen LogP contribution in [0, 0.1) is 11.6 Å².